The Morgan fingerprint density at radius 2 is 2.08 bits per heavy atom. The molecule has 1 fully saturated rings. The first-order valence-corrected chi connectivity index (χ1v) is 8.30. The van der Waals surface area contributed by atoms with Crippen molar-refractivity contribution in [3.05, 3.63) is 54.4 Å². The number of nitrogens with one attached hydrogen (secondary N) is 1. The summed E-state index contributed by atoms with van der Waals surface area (Å²) < 4.78 is 5.31. The molecule has 0 spiro atoms. The van der Waals surface area contributed by atoms with Crippen LogP contribution in [0.2, 0.25) is 0 Å². The van der Waals surface area contributed by atoms with E-state index in [1.54, 1.807) is 18.2 Å². The van der Waals surface area contributed by atoms with E-state index in [0.717, 1.165) is 5.69 Å². The van der Waals surface area contributed by atoms with Gasteiger partial charge in [0.25, 0.3) is 0 Å². The standard InChI is InChI=1S/C19H21N3O3/c1-25-17-8-3-2-7-16(17)22-13-14(12-18(22)23)19(24)21-11-9-15-6-4-5-10-20-15/h2-8,10,14H,9,11-13H2,1H3,(H,21,24)/t14-/m1/s1. The van der Waals surface area contributed by atoms with E-state index in [2.05, 4.69) is 10.3 Å². The third kappa shape index (κ3) is 3.96. The average Bonchev–Trinajstić information content (AvgIpc) is 3.04. The van der Waals surface area contributed by atoms with Gasteiger partial charge in [0.2, 0.25) is 11.8 Å². The molecule has 1 N–H and O–H groups in total. The lowest BCUT2D eigenvalue weighted by Gasteiger charge is -2.19. The molecule has 130 valence electrons. The fourth-order valence-electron chi connectivity index (χ4n) is 2.97. The van der Waals surface area contributed by atoms with Crippen LogP contribution in [0.5, 0.6) is 5.75 Å². The molecule has 0 aliphatic carbocycles. The molecule has 1 aromatic heterocycles. The molecule has 3 rings (SSSR count). The smallest absolute Gasteiger partial charge is 0.227 e. The average molecular weight is 339 g/mol. The maximum absolute atomic E-state index is 12.4. The molecule has 6 heteroatoms. The van der Waals surface area contributed by atoms with Crippen LogP contribution < -0.4 is 15.0 Å². The predicted molar refractivity (Wildman–Crippen MR) is 94.4 cm³/mol. The molecule has 2 heterocycles. The summed E-state index contributed by atoms with van der Waals surface area (Å²) in [6.45, 7) is 0.879. The molecule has 2 aromatic rings. The first kappa shape index (κ1) is 17.0. The quantitative estimate of drug-likeness (QED) is 0.871. The molecule has 0 unspecified atom stereocenters. The Hall–Kier alpha value is -2.89. The highest BCUT2D eigenvalue weighted by atomic mass is 16.5. The van der Waals surface area contributed by atoms with Gasteiger partial charge in [-0.1, -0.05) is 18.2 Å². The molecular formula is C19H21N3O3. The molecule has 1 aliphatic heterocycles. The van der Waals surface area contributed by atoms with Crippen LogP contribution in [-0.4, -0.2) is 37.0 Å². The van der Waals surface area contributed by atoms with Gasteiger partial charge in [-0.25, -0.2) is 0 Å². The van der Waals surface area contributed by atoms with Gasteiger partial charge in [0.1, 0.15) is 5.75 Å². The number of anilines is 1. The normalized spacial score (nSPS) is 16.8. The number of hydrogen-bond acceptors (Lipinski definition) is 4. The van der Waals surface area contributed by atoms with Crippen LogP contribution in [0.3, 0.4) is 0 Å². The number of hydrogen-bond donors (Lipinski definition) is 1. The molecule has 2 amide bonds. The van der Waals surface area contributed by atoms with Crippen LogP contribution in [0.25, 0.3) is 0 Å². The van der Waals surface area contributed by atoms with Crippen LogP contribution in [0, 0.1) is 5.92 Å². The van der Waals surface area contributed by atoms with Crippen molar-refractivity contribution in [3.63, 3.8) is 0 Å². The maximum Gasteiger partial charge on any atom is 0.227 e. The number of para-hydroxylation sites is 2. The minimum absolute atomic E-state index is 0.0608. The van der Waals surface area contributed by atoms with Gasteiger partial charge in [0, 0.05) is 37.8 Å². The van der Waals surface area contributed by atoms with Gasteiger partial charge >= 0.3 is 0 Å². The molecule has 1 atom stereocenters. The second kappa shape index (κ2) is 7.79. The minimum Gasteiger partial charge on any atom is -0.495 e. The van der Waals surface area contributed by atoms with Gasteiger partial charge < -0.3 is 15.0 Å². The maximum atomic E-state index is 12.4. The minimum atomic E-state index is -0.346. The van der Waals surface area contributed by atoms with E-state index in [1.807, 2.05) is 42.5 Å². The second-order valence-corrected chi connectivity index (χ2v) is 5.94. The van der Waals surface area contributed by atoms with Crippen molar-refractivity contribution in [1.82, 2.24) is 10.3 Å². The summed E-state index contributed by atoms with van der Waals surface area (Å²) in [7, 11) is 1.57. The Bertz CT molecular complexity index is 749. The fourth-order valence-corrected chi connectivity index (χ4v) is 2.97. The number of carbonyl (C=O) groups is 2. The third-order valence-corrected chi connectivity index (χ3v) is 4.28. The van der Waals surface area contributed by atoms with Crippen molar-refractivity contribution in [1.29, 1.82) is 0 Å². The SMILES string of the molecule is COc1ccccc1N1C[C@H](C(=O)NCCc2ccccn2)CC1=O. The number of nitrogens with zero attached hydrogens (tertiary/aromatic N) is 2. The first-order valence-electron chi connectivity index (χ1n) is 8.30. The molecule has 1 aliphatic rings. The number of rotatable bonds is 6. The zero-order chi connectivity index (χ0) is 17.6. The third-order valence-electron chi connectivity index (χ3n) is 4.28. The number of benzene rings is 1. The van der Waals surface area contributed by atoms with E-state index in [1.165, 1.54) is 0 Å². The van der Waals surface area contributed by atoms with Gasteiger partial charge in [-0.3, -0.25) is 14.6 Å². The van der Waals surface area contributed by atoms with Crippen molar-refractivity contribution < 1.29 is 14.3 Å². The largest absolute Gasteiger partial charge is 0.495 e. The summed E-state index contributed by atoms with van der Waals surface area (Å²) in [6, 6.07) is 13.1. The molecular weight excluding hydrogens is 318 g/mol. The number of amides is 2. The van der Waals surface area contributed by atoms with E-state index < -0.39 is 0 Å². The summed E-state index contributed by atoms with van der Waals surface area (Å²) in [6.07, 6.45) is 2.62. The Kier molecular flexibility index (Phi) is 5.28. The van der Waals surface area contributed by atoms with Crippen LogP contribution >= 0.6 is 0 Å². The Morgan fingerprint density at radius 3 is 2.84 bits per heavy atom. The van der Waals surface area contributed by atoms with E-state index in [0.29, 0.717) is 30.9 Å². The lowest BCUT2D eigenvalue weighted by Crippen LogP contribution is -2.34. The highest BCUT2D eigenvalue weighted by molar-refractivity contribution is 6.01. The predicted octanol–water partition coefficient (Wildman–Crippen LogP) is 1.80. The van der Waals surface area contributed by atoms with Gasteiger partial charge in [0.05, 0.1) is 18.7 Å². The van der Waals surface area contributed by atoms with Crippen LogP contribution in [0.15, 0.2) is 48.7 Å². The Labute approximate surface area is 146 Å². The lowest BCUT2D eigenvalue weighted by molar-refractivity contribution is -0.126. The molecule has 6 nitrogen and oxygen atoms in total. The summed E-state index contributed by atoms with van der Waals surface area (Å²) in [5.74, 6) is 0.129. The van der Waals surface area contributed by atoms with Crippen molar-refractivity contribution in [3.8, 4) is 5.75 Å². The number of aromatic nitrogens is 1. The highest BCUT2D eigenvalue weighted by Gasteiger charge is 2.36. The fraction of sp³-hybridized carbons (Fsp3) is 0.316. The zero-order valence-electron chi connectivity index (χ0n) is 14.1. The van der Waals surface area contributed by atoms with Gasteiger partial charge in [-0.2, -0.15) is 0 Å². The van der Waals surface area contributed by atoms with Gasteiger partial charge in [0.15, 0.2) is 0 Å². The van der Waals surface area contributed by atoms with Crippen LogP contribution in [0.1, 0.15) is 12.1 Å². The molecule has 25 heavy (non-hydrogen) atoms. The zero-order valence-corrected chi connectivity index (χ0v) is 14.1. The summed E-state index contributed by atoms with van der Waals surface area (Å²) in [5.41, 5.74) is 1.64. The van der Waals surface area contributed by atoms with E-state index in [-0.39, 0.29) is 24.2 Å². The molecule has 0 saturated carbocycles. The molecule has 0 radical (unpaired) electrons. The van der Waals surface area contributed by atoms with Crippen molar-refractivity contribution in [2.45, 2.75) is 12.8 Å². The monoisotopic (exact) mass is 339 g/mol. The van der Waals surface area contributed by atoms with E-state index >= 15 is 0 Å². The summed E-state index contributed by atoms with van der Waals surface area (Å²) in [5, 5.41) is 2.91. The number of ether oxygens (including phenoxy) is 1. The first-order chi connectivity index (χ1) is 12.2. The topological polar surface area (TPSA) is 71.5 Å². The summed E-state index contributed by atoms with van der Waals surface area (Å²) in [4.78, 5) is 30.6. The summed E-state index contributed by atoms with van der Waals surface area (Å²) >= 11 is 0. The number of carbonyl (C=O) groups excluding carboxylic acids is 2. The lowest BCUT2D eigenvalue weighted by atomic mass is 10.1. The van der Waals surface area contributed by atoms with Gasteiger partial charge in [-0.05, 0) is 24.3 Å². The van der Waals surface area contributed by atoms with Gasteiger partial charge in [-0.15, -0.1) is 0 Å². The van der Waals surface area contributed by atoms with Crippen molar-refractivity contribution >= 4 is 17.5 Å². The molecule has 1 saturated heterocycles. The van der Waals surface area contributed by atoms with Crippen LogP contribution in [0.4, 0.5) is 5.69 Å². The van der Waals surface area contributed by atoms with E-state index in [9.17, 15) is 9.59 Å². The highest BCUT2D eigenvalue weighted by Crippen LogP contribution is 2.32. The Morgan fingerprint density at radius 1 is 1.28 bits per heavy atom. The number of pyridine rings is 1. The second-order valence-electron chi connectivity index (χ2n) is 5.94. The van der Waals surface area contributed by atoms with Crippen LogP contribution in [-0.2, 0) is 16.0 Å². The molecule has 0 bridgehead atoms. The van der Waals surface area contributed by atoms with E-state index in [4.69, 9.17) is 4.74 Å². The van der Waals surface area contributed by atoms with Crippen molar-refractivity contribution in [2.24, 2.45) is 5.92 Å². The molecule has 1 aromatic carbocycles. The van der Waals surface area contributed by atoms with Crippen molar-refractivity contribution in [2.75, 3.05) is 25.1 Å². The number of methoxy groups -OCH3 is 1. The Balaban J connectivity index is 1.57.